The molecule has 0 amide bonds. The summed E-state index contributed by atoms with van der Waals surface area (Å²) in [5.74, 6) is 0.194. The molecule has 0 saturated carbocycles. The van der Waals surface area contributed by atoms with E-state index in [1.54, 1.807) is 6.08 Å². The van der Waals surface area contributed by atoms with Crippen LogP contribution in [0.4, 0.5) is 0 Å². The van der Waals surface area contributed by atoms with Crippen LogP contribution in [0.1, 0.15) is 11.1 Å². The molecule has 1 aromatic rings. The fourth-order valence-electron chi connectivity index (χ4n) is 1.84. The number of halogens is 1. The van der Waals surface area contributed by atoms with Crippen molar-refractivity contribution < 1.29 is 4.79 Å². The Bertz CT molecular complexity index is 408. The first-order valence-corrected chi connectivity index (χ1v) is 5.14. The summed E-state index contributed by atoms with van der Waals surface area (Å²) in [6.07, 6.45) is 1.77. The first-order chi connectivity index (χ1) is 7.15. The third-order valence-electron chi connectivity index (χ3n) is 2.62. The summed E-state index contributed by atoms with van der Waals surface area (Å²) >= 11 is 0. The minimum absolute atomic E-state index is 0. The van der Waals surface area contributed by atoms with Crippen molar-refractivity contribution in [3.63, 3.8) is 0 Å². The molecule has 1 aromatic carbocycles. The van der Waals surface area contributed by atoms with Crippen LogP contribution < -0.4 is 0 Å². The Balaban J connectivity index is 0.00000128. The highest BCUT2D eigenvalue weighted by molar-refractivity contribution is 6.00. The van der Waals surface area contributed by atoms with Gasteiger partial charge < -0.3 is 0 Å². The van der Waals surface area contributed by atoms with Gasteiger partial charge in [0.15, 0.2) is 5.78 Å². The molecule has 0 radical (unpaired) electrons. The molecule has 0 atom stereocenters. The van der Waals surface area contributed by atoms with Crippen LogP contribution in [0.25, 0.3) is 5.57 Å². The van der Waals surface area contributed by atoms with E-state index in [4.69, 9.17) is 0 Å². The molecule has 0 saturated heterocycles. The molecule has 0 aliphatic carbocycles. The van der Waals surface area contributed by atoms with Gasteiger partial charge in [0.1, 0.15) is 0 Å². The van der Waals surface area contributed by atoms with Gasteiger partial charge in [-0.2, -0.15) is 0 Å². The van der Waals surface area contributed by atoms with E-state index in [1.807, 2.05) is 11.9 Å². The summed E-state index contributed by atoms with van der Waals surface area (Å²) in [6.45, 7) is 3.46. The predicted octanol–water partition coefficient (Wildman–Crippen LogP) is 2.31. The fourth-order valence-corrected chi connectivity index (χ4v) is 1.84. The second kappa shape index (κ2) is 5.28. The smallest absolute Gasteiger partial charge is 0.169 e. The minimum Gasteiger partial charge on any atom is -0.295 e. The Kier molecular flexibility index (Phi) is 4.27. The van der Waals surface area contributed by atoms with Gasteiger partial charge in [-0.3, -0.25) is 9.69 Å². The lowest BCUT2D eigenvalue weighted by molar-refractivity contribution is -0.115. The number of nitrogens with zero attached hydrogens (tertiary/aromatic N) is 1. The number of hydrogen-bond acceptors (Lipinski definition) is 2. The zero-order valence-corrected chi connectivity index (χ0v) is 10.4. The zero-order chi connectivity index (χ0) is 10.8. The van der Waals surface area contributed by atoms with Gasteiger partial charge in [-0.15, -0.1) is 12.4 Å². The van der Waals surface area contributed by atoms with Crippen molar-refractivity contribution in [2.45, 2.75) is 6.92 Å². The molecule has 1 aliphatic rings. The van der Waals surface area contributed by atoms with E-state index in [0.717, 1.165) is 17.7 Å². The van der Waals surface area contributed by atoms with Crippen molar-refractivity contribution in [3.05, 3.63) is 41.5 Å². The highest BCUT2D eigenvalue weighted by atomic mass is 35.5. The van der Waals surface area contributed by atoms with Crippen LogP contribution in [0.5, 0.6) is 0 Å². The van der Waals surface area contributed by atoms with E-state index >= 15 is 0 Å². The topological polar surface area (TPSA) is 20.3 Å². The summed E-state index contributed by atoms with van der Waals surface area (Å²) in [6, 6.07) is 8.31. The molecule has 0 aromatic heterocycles. The van der Waals surface area contributed by atoms with Gasteiger partial charge >= 0.3 is 0 Å². The molecule has 2 rings (SSSR count). The maximum Gasteiger partial charge on any atom is 0.169 e. The Labute approximate surface area is 102 Å². The van der Waals surface area contributed by atoms with Crippen LogP contribution in [0.2, 0.25) is 0 Å². The van der Waals surface area contributed by atoms with Crippen molar-refractivity contribution >= 4 is 23.8 Å². The Morgan fingerprint density at radius 1 is 1.12 bits per heavy atom. The molecule has 0 spiro atoms. The summed E-state index contributed by atoms with van der Waals surface area (Å²) in [4.78, 5) is 13.4. The first kappa shape index (κ1) is 12.9. The zero-order valence-electron chi connectivity index (χ0n) is 9.56. The second-order valence-electron chi connectivity index (χ2n) is 4.17. The first-order valence-electron chi connectivity index (χ1n) is 5.14. The number of ketones is 1. The lowest BCUT2D eigenvalue weighted by Gasteiger charge is -2.22. The van der Waals surface area contributed by atoms with Gasteiger partial charge in [-0.1, -0.05) is 29.8 Å². The normalized spacial score (nSPS) is 16.6. The number of carbonyl (C=O) groups excluding carboxylic acids is 1. The van der Waals surface area contributed by atoms with Crippen LogP contribution in [0.15, 0.2) is 30.3 Å². The van der Waals surface area contributed by atoms with Gasteiger partial charge in [0.05, 0.1) is 6.54 Å². The quantitative estimate of drug-likeness (QED) is 0.747. The van der Waals surface area contributed by atoms with Crippen LogP contribution in [0, 0.1) is 6.92 Å². The number of hydrogen-bond donors (Lipinski definition) is 0. The van der Waals surface area contributed by atoms with E-state index < -0.39 is 0 Å². The molecule has 1 heterocycles. The van der Waals surface area contributed by atoms with E-state index in [9.17, 15) is 4.79 Å². The monoisotopic (exact) mass is 237 g/mol. The number of likely N-dealkylation sites (N-methyl/N-ethyl adjacent to an activating group) is 1. The Hall–Kier alpha value is -1.12. The van der Waals surface area contributed by atoms with Crippen molar-refractivity contribution in [2.24, 2.45) is 0 Å². The van der Waals surface area contributed by atoms with Crippen molar-refractivity contribution in [2.75, 3.05) is 20.1 Å². The molecule has 0 N–H and O–H groups in total. The number of rotatable bonds is 1. The van der Waals surface area contributed by atoms with Crippen molar-refractivity contribution in [1.29, 1.82) is 0 Å². The number of carbonyl (C=O) groups is 1. The lowest BCUT2D eigenvalue weighted by Crippen LogP contribution is -2.30. The molecule has 0 bridgehead atoms. The third kappa shape index (κ3) is 2.94. The minimum atomic E-state index is 0. The summed E-state index contributed by atoms with van der Waals surface area (Å²) in [7, 11) is 1.97. The van der Waals surface area contributed by atoms with Gasteiger partial charge in [-0.25, -0.2) is 0 Å². The van der Waals surface area contributed by atoms with Crippen LogP contribution >= 0.6 is 12.4 Å². The predicted molar refractivity (Wildman–Crippen MR) is 68.9 cm³/mol. The van der Waals surface area contributed by atoms with Crippen molar-refractivity contribution in [3.8, 4) is 0 Å². The van der Waals surface area contributed by atoms with Gasteiger partial charge in [0.25, 0.3) is 0 Å². The summed E-state index contributed by atoms with van der Waals surface area (Å²) in [5, 5.41) is 0. The molecular formula is C13H16ClNO. The summed E-state index contributed by atoms with van der Waals surface area (Å²) < 4.78 is 0. The molecule has 86 valence electrons. The largest absolute Gasteiger partial charge is 0.295 e. The number of benzene rings is 1. The maximum atomic E-state index is 11.4. The van der Waals surface area contributed by atoms with Crippen molar-refractivity contribution in [1.82, 2.24) is 4.90 Å². The van der Waals surface area contributed by atoms with Gasteiger partial charge in [0.2, 0.25) is 0 Å². The highest BCUT2D eigenvalue weighted by Gasteiger charge is 2.15. The average Bonchev–Trinajstić information content (AvgIpc) is 2.17. The average molecular weight is 238 g/mol. The molecule has 3 heteroatoms. The van der Waals surface area contributed by atoms with Gasteiger partial charge in [0, 0.05) is 6.54 Å². The number of aryl methyl sites for hydroxylation is 1. The van der Waals surface area contributed by atoms with Gasteiger partial charge in [-0.05, 0) is 31.2 Å². The Morgan fingerprint density at radius 3 is 2.31 bits per heavy atom. The second-order valence-corrected chi connectivity index (χ2v) is 4.17. The molecule has 0 unspecified atom stereocenters. The Morgan fingerprint density at radius 2 is 1.75 bits per heavy atom. The van der Waals surface area contributed by atoms with E-state index in [2.05, 4.69) is 31.2 Å². The standard InChI is InChI=1S/C13H15NO.ClH/c1-10-3-5-11(6-4-10)12-7-13(15)9-14(2)8-12;/h3-7H,8-9H2,1-2H3;1H. The lowest BCUT2D eigenvalue weighted by atomic mass is 10.00. The SMILES string of the molecule is Cc1ccc(C2=CC(=O)CN(C)C2)cc1.Cl. The van der Waals surface area contributed by atoms with E-state index in [0.29, 0.717) is 6.54 Å². The van der Waals surface area contributed by atoms with E-state index in [1.165, 1.54) is 5.56 Å². The third-order valence-corrected chi connectivity index (χ3v) is 2.62. The molecular weight excluding hydrogens is 222 g/mol. The highest BCUT2D eigenvalue weighted by Crippen LogP contribution is 2.18. The molecule has 2 nitrogen and oxygen atoms in total. The van der Waals surface area contributed by atoms with E-state index in [-0.39, 0.29) is 18.2 Å². The molecule has 16 heavy (non-hydrogen) atoms. The van der Waals surface area contributed by atoms with Crippen LogP contribution in [-0.4, -0.2) is 30.8 Å². The molecule has 0 fully saturated rings. The van der Waals surface area contributed by atoms with Crippen LogP contribution in [-0.2, 0) is 4.79 Å². The maximum absolute atomic E-state index is 11.4. The summed E-state index contributed by atoms with van der Waals surface area (Å²) in [5.41, 5.74) is 3.52. The van der Waals surface area contributed by atoms with Crippen LogP contribution in [0.3, 0.4) is 0 Å². The fraction of sp³-hybridized carbons (Fsp3) is 0.308. The molecule has 1 aliphatic heterocycles.